The Kier molecular flexibility index (Phi) is 5.47. The molecular weight excluding hydrogens is 380 g/mol. The molecule has 2 aromatic rings. The lowest BCUT2D eigenvalue weighted by molar-refractivity contribution is 0.0730. The van der Waals surface area contributed by atoms with Gasteiger partial charge >= 0.3 is 0 Å². The molecule has 0 aliphatic carbocycles. The van der Waals surface area contributed by atoms with Gasteiger partial charge in [-0.15, -0.1) is 0 Å². The lowest BCUT2D eigenvalue weighted by atomic mass is 10.2. The summed E-state index contributed by atoms with van der Waals surface area (Å²) in [6.45, 7) is 1.08. The molecule has 1 amide bonds. The molecule has 0 unspecified atom stereocenters. The summed E-state index contributed by atoms with van der Waals surface area (Å²) in [5.74, 6) is -0.641. The molecule has 7 nitrogen and oxygen atoms in total. The Morgan fingerprint density at radius 2 is 1.85 bits per heavy atom. The molecule has 1 saturated heterocycles. The highest BCUT2D eigenvalue weighted by atomic mass is 35.5. The number of benzene rings is 2. The maximum Gasteiger partial charge on any atom is 0.255 e. The second kappa shape index (κ2) is 7.63. The van der Waals surface area contributed by atoms with E-state index in [1.54, 1.807) is 12.1 Å². The monoisotopic (exact) mass is 396 g/mol. The molecule has 0 radical (unpaired) electrons. The molecule has 2 N–H and O–H groups in total. The smallest absolute Gasteiger partial charge is 0.255 e. The number of carbonyl (C=O) groups excluding carboxylic acids is 1. The number of amides is 1. The normalized spacial score (nSPS) is 15.6. The van der Waals surface area contributed by atoms with E-state index in [9.17, 15) is 18.3 Å². The van der Waals surface area contributed by atoms with Crippen LogP contribution < -0.4 is 5.32 Å². The SMILES string of the molecule is O=C(Nc1ccccc1O)c1ccc(Cl)c(S(=O)(=O)N2CCOCC2)c1. The van der Waals surface area contributed by atoms with Crippen LogP contribution in [0.25, 0.3) is 0 Å². The number of nitrogens with one attached hydrogen (secondary N) is 1. The van der Waals surface area contributed by atoms with Crippen LogP contribution in [0.5, 0.6) is 5.75 Å². The number of sulfonamides is 1. The molecule has 2 aromatic carbocycles. The van der Waals surface area contributed by atoms with Crippen molar-refractivity contribution < 1.29 is 23.1 Å². The summed E-state index contributed by atoms with van der Waals surface area (Å²) in [7, 11) is -3.84. The molecule has 0 atom stereocenters. The second-order valence-electron chi connectivity index (χ2n) is 5.63. The average molecular weight is 397 g/mol. The average Bonchev–Trinajstić information content (AvgIpc) is 2.64. The Bertz CT molecular complexity index is 927. The predicted octanol–water partition coefficient (Wildman–Crippen LogP) is 2.32. The van der Waals surface area contributed by atoms with Crippen LogP contribution in [0.15, 0.2) is 47.4 Å². The van der Waals surface area contributed by atoms with Crippen molar-refractivity contribution in [2.45, 2.75) is 4.90 Å². The number of carbonyl (C=O) groups is 1. The number of phenolic OH excluding ortho intramolecular Hbond substituents is 1. The van der Waals surface area contributed by atoms with E-state index in [2.05, 4.69) is 5.32 Å². The number of morpholine rings is 1. The molecule has 0 saturated carbocycles. The molecule has 9 heteroatoms. The highest BCUT2D eigenvalue weighted by Crippen LogP contribution is 2.28. The van der Waals surface area contributed by atoms with Crippen LogP contribution in [0, 0.1) is 0 Å². The van der Waals surface area contributed by atoms with E-state index in [0.29, 0.717) is 13.2 Å². The van der Waals surface area contributed by atoms with Crippen molar-refractivity contribution >= 4 is 33.2 Å². The summed E-state index contributed by atoms with van der Waals surface area (Å²) in [4.78, 5) is 12.3. The highest BCUT2D eigenvalue weighted by Gasteiger charge is 2.29. The topological polar surface area (TPSA) is 95.9 Å². The minimum atomic E-state index is -3.84. The Balaban J connectivity index is 1.90. The van der Waals surface area contributed by atoms with E-state index in [1.807, 2.05) is 0 Å². The number of anilines is 1. The van der Waals surface area contributed by atoms with Gasteiger partial charge in [0.2, 0.25) is 10.0 Å². The number of para-hydroxylation sites is 2. The molecule has 26 heavy (non-hydrogen) atoms. The van der Waals surface area contributed by atoms with Crippen molar-refractivity contribution in [2.75, 3.05) is 31.6 Å². The molecule has 1 heterocycles. The molecule has 3 rings (SSSR count). The van der Waals surface area contributed by atoms with E-state index in [4.69, 9.17) is 16.3 Å². The van der Waals surface area contributed by atoms with E-state index in [-0.39, 0.29) is 40.0 Å². The first-order valence-corrected chi connectivity index (χ1v) is 9.68. The summed E-state index contributed by atoms with van der Waals surface area (Å²) < 4.78 is 32.1. The number of hydrogen-bond acceptors (Lipinski definition) is 5. The van der Waals surface area contributed by atoms with Gasteiger partial charge in [0, 0.05) is 18.7 Å². The first-order valence-electron chi connectivity index (χ1n) is 7.86. The first kappa shape index (κ1) is 18.7. The molecule has 1 aliphatic rings. The van der Waals surface area contributed by atoms with Gasteiger partial charge in [-0.25, -0.2) is 8.42 Å². The lowest BCUT2D eigenvalue weighted by Gasteiger charge is -2.26. The van der Waals surface area contributed by atoms with Crippen molar-refractivity contribution in [3.8, 4) is 5.75 Å². The number of rotatable bonds is 4. The fraction of sp³-hybridized carbons (Fsp3) is 0.235. The number of phenols is 1. The summed E-state index contributed by atoms with van der Waals surface area (Å²) >= 11 is 6.08. The molecule has 0 spiro atoms. The first-order chi connectivity index (χ1) is 12.4. The summed E-state index contributed by atoms with van der Waals surface area (Å²) in [5.41, 5.74) is 0.342. The minimum Gasteiger partial charge on any atom is -0.506 e. The molecule has 138 valence electrons. The number of halogens is 1. The van der Waals surface area contributed by atoms with Gasteiger partial charge in [0.1, 0.15) is 10.6 Å². The van der Waals surface area contributed by atoms with Gasteiger partial charge in [0.15, 0.2) is 0 Å². The fourth-order valence-corrected chi connectivity index (χ4v) is 4.45. The Morgan fingerprint density at radius 3 is 2.54 bits per heavy atom. The largest absolute Gasteiger partial charge is 0.506 e. The van der Waals surface area contributed by atoms with E-state index < -0.39 is 15.9 Å². The standard InChI is InChI=1S/C17H17ClN2O5S/c18-13-6-5-12(17(22)19-14-3-1-2-4-15(14)21)11-16(13)26(23,24)20-7-9-25-10-8-20/h1-6,11,21H,7-10H2,(H,19,22). The third-order valence-electron chi connectivity index (χ3n) is 3.93. The van der Waals surface area contributed by atoms with Gasteiger partial charge in [0.25, 0.3) is 5.91 Å². The Hall–Kier alpha value is -2.13. The molecular formula is C17H17ClN2O5S. The zero-order valence-corrected chi connectivity index (χ0v) is 15.3. The van der Waals surface area contributed by atoms with Gasteiger partial charge in [-0.2, -0.15) is 4.31 Å². The summed E-state index contributed by atoms with van der Waals surface area (Å²) in [6.07, 6.45) is 0. The number of nitrogens with zero attached hydrogens (tertiary/aromatic N) is 1. The number of aromatic hydroxyl groups is 1. The van der Waals surface area contributed by atoms with E-state index in [0.717, 1.165) is 0 Å². The molecule has 0 bridgehead atoms. The minimum absolute atomic E-state index is 0.0376. The maximum atomic E-state index is 12.8. The van der Waals surface area contributed by atoms with Crippen molar-refractivity contribution in [3.63, 3.8) is 0 Å². The van der Waals surface area contributed by atoms with Crippen molar-refractivity contribution in [1.29, 1.82) is 0 Å². The van der Waals surface area contributed by atoms with Crippen LogP contribution in [0.4, 0.5) is 5.69 Å². The lowest BCUT2D eigenvalue weighted by Crippen LogP contribution is -2.40. The molecule has 0 aromatic heterocycles. The third-order valence-corrected chi connectivity index (χ3v) is 6.31. The molecule has 1 fully saturated rings. The van der Waals surface area contributed by atoms with Crippen LogP contribution in [-0.4, -0.2) is 50.0 Å². The zero-order chi connectivity index (χ0) is 18.7. The van der Waals surface area contributed by atoms with Crippen molar-refractivity contribution in [2.24, 2.45) is 0 Å². The predicted molar refractivity (Wildman–Crippen MR) is 97.1 cm³/mol. The van der Waals surface area contributed by atoms with Crippen LogP contribution >= 0.6 is 11.6 Å². The third kappa shape index (κ3) is 3.83. The van der Waals surface area contributed by atoms with Gasteiger partial charge < -0.3 is 15.2 Å². The maximum absolute atomic E-state index is 12.8. The van der Waals surface area contributed by atoms with Gasteiger partial charge in [-0.1, -0.05) is 23.7 Å². The number of hydrogen-bond donors (Lipinski definition) is 2. The van der Waals surface area contributed by atoms with Gasteiger partial charge in [0.05, 0.1) is 23.9 Å². The van der Waals surface area contributed by atoms with E-state index >= 15 is 0 Å². The van der Waals surface area contributed by atoms with Crippen molar-refractivity contribution in [3.05, 3.63) is 53.1 Å². The molecule has 1 aliphatic heterocycles. The second-order valence-corrected chi connectivity index (χ2v) is 7.95. The van der Waals surface area contributed by atoms with Crippen LogP contribution in [0.2, 0.25) is 5.02 Å². The Morgan fingerprint density at radius 1 is 1.15 bits per heavy atom. The van der Waals surface area contributed by atoms with Crippen LogP contribution in [-0.2, 0) is 14.8 Å². The van der Waals surface area contributed by atoms with Gasteiger partial charge in [-0.3, -0.25) is 4.79 Å². The zero-order valence-electron chi connectivity index (χ0n) is 13.7. The van der Waals surface area contributed by atoms with E-state index in [1.165, 1.54) is 34.6 Å². The quantitative estimate of drug-likeness (QED) is 0.773. The Labute approximate surface area is 156 Å². The summed E-state index contributed by atoms with van der Waals surface area (Å²) in [5, 5.41) is 12.3. The highest BCUT2D eigenvalue weighted by molar-refractivity contribution is 7.89. The van der Waals surface area contributed by atoms with Crippen molar-refractivity contribution in [1.82, 2.24) is 4.31 Å². The van der Waals surface area contributed by atoms with Crippen LogP contribution in [0.3, 0.4) is 0 Å². The number of ether oxygens (including phenoxy) is 1. The van der Waals surface area contributed by atoms with Gasteiger partial charge in [-0.05, 0) is 30.3 Å². The van der Waals surface area contributed by atoms with Crippen LogP contribution in [0.1, 0.15) is 10.4 Å². The fourth-order valence-electron chi connectivity index (χ4n) is 2.54. The summed E-state index contributed by atoms with van der Waals surface area (Å²) in [6, 6.07) is 10.3.